The Kier molecular flexibility index (Phi) is 5.47. The van der Waals surface area contributed by atoms with Crippen molar-refractivity contribution in [1.82, 2.24) is 15.0 Å². The molecule has 0 saturated carbocycles. The van der Waals surface area contributed by atoms with E-state index in [1.54, 1.807) is 6.20 Å². The Morgan fingerprint density at radius 3 is 2.70 bits per heavy atom. The Labute approximate surface area is 128 Å². The maximum Gasteiger partial charge on any atom is 0.144 e. The minimum Gasteiger partial charge on any atom is -0.369 e. The van der Waals surface area contributed by atoms with Crippen molar-refractivity contribution in [2.45, 2.75) is 33.1 Å². The van der Waals surface area contributed by atoms with Gasteiger partial charge in [-0.05, 0) is 40.9 Å². The van der Waals surface area contributed by atoms with Crippen LogP contribution in [0.5, 0.6) is 0 Å². The van der Waals surface area contributed by atoms with Gasteiger partial charge in [0, 0.05) is 18.4 Å². The molecule has 2 aromatic rings. The highest BCUT2D eigenvalue weighted by atomic mass is 79.9. The lowest BCUT2D eigenvalue weighted by atomic mass is 10.2. The van der Waals surface area contributed by atoms with Gasteiger partial charge in [0.1, 0.15) is 11.6 Å². The smallest absolute Gasteiger partial charge is 0.144 e. The van der Waals surface area contributed by atoms with Crippen molar-refractivity contribution in [2.24, 2.45) is 0 Å². The molecule has 0 amide bonds. The van der Waals surface area contributed by atoms with Crippen LogP contribution in [0.4, 0.5) is 5.82 Å². The zero-order valence-electron chi connectivity index (χ0n) is 11.9. The van der Waals surface area contributed by atoms with E-state index in [0.29, 0.717) is 6.42 Å². The molecule has 20 heavy (non-hydrogen) atoms. The molecule has 2 rings (SSSR count). The molecule has 0 aliphatic rings. The first-order valence-corrected chi connectivity index (χ1v) is 7.73. The Morgan fingerprint density at radius 2 is 2.05 bits per heavy atom. The van der Waals surface area contributed by atoms with E-state index in [1.807, 2.05) is 18.2 Å². The van der Waals surface area contributed by atoms with E-state index in [9.17, 15) is 0 Å². The fourth-order valence-electron chi connectivity index (χ4n) is 1.88. The van der Waals surface area contributed by atoms with Crippen LogP contribution in [0, 0.1) is 0 Å². The van der Waals surface area contributed by atoms with E-state index >= 15 is 0 Å². The standard InChI is InChI=1S/C15H19BrN4/c1-3-8-18-15-14(16)12(4-2)19-13(20-15)10-11-7-5-6-9-17-11/h5-7,9H,3-4,8,10H2,1-2H3,(H,18,19,20). The van der Waals surface area contributed by atoms with Crippen LogP contribution in [0.3, 0.4) is 0 Å². The lowest BCUT2D eigenvalue weighted by Crippen LogP contribution is -2.09. The Bertz CT molecular complexity index is 557. The van der Waals surface area contributed by atoms with E-state index in [0.717, 1.165) is 46.9 Å². The predicted molar refractivity (Wildman–Crippen MR) is 84.9 cm³/mol. The molecule has 2 heterocycles. The Morgan fingerprint density at radius 1 is 1.20 bits per heavy atom. The average molecular weight is 335 g/mol. The van der Waals surface area contributed by atoms with Crippen LogP contribution in [0.2, 0.25) is 0 Å². The van der Waals surface area contributed by atoms with Crippen molar-refractivity contribution in [3.05, 3.63) is 46.1 Å². The van der Waals surface area contributed by atoms with Crippen LogP contribution in [-0.2, 0) is 12.8 Å². The highest BCUT2D eigenvalue weighted by Crippen LogP contribution is 2.24. The molecule has 5 heteroatoms. The van der Waals surface area contributed by atoms with Crippen molar-refractivity contribution in [3.8, 4) is 0 Å². The summed E-state index contributed by atoms with van der Waals surface area (Å²) < 4.78 is 0.971. The Balaban J connectivity index is 2.28. The van der Waals surface area contributed by atoms with Crippen molar-refractivity contribution >= 4 is 21.7 Å². The molecular weight excluding hydrogens is 316 g/mol. The number of pyridine rings is 1. The molecule has 0 unspecified atom stereocenters. The quantitative estimate of drug-likeness (QED) is 0.876. The average Bonchev–Trinajstić information content (AvgIpc) is 2.48. The SMILES string of the molecule is CCCNc1nc(Cc2ccccn2)nc(CC)c1Br. The van der Waals surface area contributed by atoms with Crippen LogP contribution in [0.25, 0.3) is 0 Å². The van der Waals surface area contributed by atoms with Crippen LogP contribution >= 0.6 is 15.9 Å². The third-order valence-corrected chi connectivity index (χ3v) is 3.74. The summed E-state index contributed by atoms with van der Waals surface area (Å²) >= 11 is 3.59. The van der Waals surface area contributed by atoms with Gasteiger partial charge in [0.15, 0.2) is 0 Å². The van der Waals surface area contributed by atoms with E-state index in [-0.39, 0.29) is 0 Å². The molecule has 0 spiro atoms. The molecule has 0 saturated heterocycles. The van der Waals surface area contributed by atoms with E-state index < -0.39 is 0 Å². The summed E-state index contributed by atoms with van der Waals surface area (Å²) in [5, 5.41) is 3.35. The first-order chi connectivity index (χ1) is 9.74. The summed E-state index contributed by atoms with van der Waals surface area (Å²) in [5.74, 6) is 1.69. The summed E-state index contributed by atoms with van der Waals surface area (Å²) in [6.07, 6.45) is 4.39. The van der Waals surface area contributed by atoms with Crippen molar-refractivity contribution in [1.29, 1.82) is 0 Å². The molecule has 4 nitrogen and oxygen atoms in total. The highest BCUT2D eigenvalue weighted by Gasteiger charge is 2.11. The molecule has 0 aliphatic heterocycles. The zero-order chi connectivity index (χ0) is 14.4. The van der Waals surface area contributed by atoms with Gasteiger partial charge in [0.25, 0.3) is 0 Å². The van der Waals surface area contributed by atoms with Gasteiger partial charge in [-0.15, -0.1) is 0 Å². The first-order valence-electron chi connectivity index (χ1n) is 6.93. The van der Waals surface area contributed by atoms with E-state index in [4.69, 9.17) is 0 Å². The van der Waals surface area contributed by atoms with Crippen LogP contribution in [0.15, 0.2) is 28.9 Å². The number of aromatic nitrogens is 3. The molecule has 0 atom stereocenters. The molecule has 0 bridgehead atoms. The molecule has 106 valence electrons. The monoisotopic (exact) mass is 334 g/mol. The minimum absolute atomic E-state index is 0.655. The number of nitrogens with zero attached hydrogens (tertiary/aromatic N) is 3. The number of aryl methyl sites for hydroxylation is 1. The number of rotatable bonds is 6. The summed E-state index contributed by atoms with van der Waals surface area (Å²) in [6.45, 7) is 5.14. The van der Waals surface area contributed by atoms with Gasteiger partial charge in [0.2, 0.25) is 0 Å². The first kappa shape index (κ1) is 14.9. The van der Waals surface area contributed by atoms with Crippen LogP contribution < -0.4 is 5.32 Å². The van der Waals surface area contributed by atoms with Gasteiger partial charge in [-0.25, -0.2) is 9.97 Å². The van der Waals surface area contributed by atoms with Crippen molar-refractivity contribution in [2.75, 3.05) is 11.9 Å². The van der Waals surface area contributed by atoms with Crippen LogP contribution in [-0.4, -0.2) is 21.5 Å². The van der Waals surface area contributed by atoms with Gasteiger partial charge in [-0.2, -0.15) is 0 Å². The third-order valence-electron chi connectivity index (χ3n) is 2.91. The normalized spacial score (nSPS) is 10.6. The molecule has 0 aromatic carbocycles. The number of hydrogen-bond acceptors (Lipinski definition) is 4. The van der Waals surface area contributed by atoms with Gasteiger partial charge >= 0.3 is 0 Å². The molecular formula is C15H19BrN4. The fourth-order valence-corrected chi connectivity index (χ4v) is 2.48. The van der Waals surface area contributed by atoms with Gasteiger partial charge in [0.05, 0.1) is 16.6 Å². The lowest BCUT2D eigenvalue weighted by Gasteiger charge is -2.11. The summed E-state index contributed by atoms with van der Waals surface area (Å²) in [7, 11) is 0. The maximum atomic E-state index is 4.62. The van der Waals surface area contributed by atoms with Gasteiger partial charge in [-0.1, -0.05) is 19.9 Å². The second-order valence-corrected chi connectivity index (χ2v) is 5.32. The third kappa shape index (κ3) is 3.76. The summed E-state index contributed by atoms with van der Waals surface area (Å²) in [4.78, 5) is 13.6. The number of hydrogen-bond donors (Lipinski definition) is 1. The van der Waals surface area contributed by atoms with Gasteiger partial charge < -0.3 is 5.32 Å². The summed E-state index contributed by atoms with van der Waals surface area (Å²) in [5.41, 5.74) is 2.02. The molecule has 2 aromatic heterocycles. The molecule has 0 radical (unpaired) electrons. The molecule has 1 N–H and O–H groups in total. The van der Waals surface area contributed by atoms with Crippen LogP contribution in [0.1, 0.15) is 37.5 Å². The lowest BCUT2D eigenvalue weighted by molar-refractivity contribution is 0.871. The Hall–Kier alpha value is -1.49. The maximum absolute atomic E-state index is 4.62. The largest absolute Gasteiger partial charge is 0.369 e. The van der Waals surface area contributed by atoms with Gasteiger partial charge in [-0.3, -0.25) is 4.98 Å². The van der Waals surface area contributed by atoms with Crippen molar-refractivity contribution < 1.29 is 0 Å². The molecule has 0 aliphatic carbocycles. The number of anilines is 1. The number of halogens is 1. The molecule has 0 fully saturated rings. The number of nitrogens with one attached hydrogen (secondary N) is 1. The second-order valence-electron chi connectivity index (χ2n) is 4.53. The minimum atomic E-state index is 0.655. The van der Waals surface area contributed by atoms with E-state index in [1.165, 1.54) is 0 Å². The zero-order valence-corrected chi connectivity index (χ0v) is 13.4. The predicted octanol–water partition coefficient (Wildman–Crippen LogP) is 3.61. The fraction of sp³-hybridized carbons (Fsp3) is 0.400. The summed E-state index contributed by atoms with van der Waals surface area (Å²) in [6, 6.07) is 5.89. The highest BCUT2D eigenvalue weighted by molar-refractivity contribution is 9.10. The topological polar surface area (TPSA) is 50.7 Å². The van der Waals surface area contributed by atoms with Crippen molar-refractivity contribution in [3.63, 3.8) is 0 Å². The van der Waals surface area contributed by atoms with E-state index in [2.05, 4.69) is 50.0 Å². The second kappa shape index (κ2) is 7.33.